The lowest BCUT2D eigenvalue weighted by Gasteiger charge is -2.22. The quantitative estimate of drug-likeness (QED) is 0.830. The van der Waals surface area contributed by atoms with E-state index in [9.17, 15) is 9.59 Å². The molecule has 1 atom stereocenters. The van der Waals surface area contributed by atoms with E-state index in [1.807, 2.05) is 0 Å². The van der Waals surface area contributed by atoms with E-state index < -0.39 is 5.56 Å². The number of aryl methyl sites for hydroxylation is 1. The van der Waals surface area contributed by atoms with Crippen molar-refractivity contribution in [2.24, 2.45) is 0 Å². The summed E-state index contributed by atoms with van der Waals surface area (Å²) in [5.74, 6) is -0.0440. The first-order valence-electron chi connectivity index (χ1n) is 5.82. The number of aromatic amines is 1. The smallest absolute Gasteiger partial charge is 0.262 e. The van der Waals surface area contributed by atoms with Crippen molar-refractivity contribution in [2.45, 2.75) is 19.9 Å². The number of aromatic nitrogens is 2. The molecule has 0 fully saturated rings. The van der Waals surface area contributed by atoms with E-state index in [1.165, 1.54) is 11.2 Å². The lowest BCUT2D eigenvalue weighted by atomic mass is 10.1. The predicted octanol–water partition coefficient (Wildman–Crippen LogP) is 0.277. The molecule has 7 heteroatoms. The number of furan rings is 1. The van der Waals surface area contributed by atoms with Crippen LogP contribution in [-0.2, 0) is 0 Å². The Labute approximate surface area is 108 Å². The highest BCUT2D eigenvalue weighted by atomic mass is 16.3. The molecule has 2 N–H and O–H groups in total. The van der Waals surface area contributed by atoms with Crippen LogP contribution in [0.2, 0.25) is 0 Å². The third kappa shape index (κ3) is 2.12. The summed E-state index contributed by atoms with van der Waals surface area (Å²) in [4.78, 5) is 31.8. The lowest BCUT2D eigenvalue weighted by Crippen LogP contribution is -2.37. The molecule has 7 nitrogen and oxygen atoms in total. The largest absolute Gasteiger partial charge is 0.442 e. The molecule has 2 rings (SSSR count). The van der Waals surface area contributed by atoms with Gasteiger partial charge < -0.3 is 19.4 Å². The molecule has 1 amide bonds. The van der Waals surface area contributed by atoms with Crippen molar-refractivity contribution in [1.29, 1.82) is 0 Å². The average molecular weight is 265 g/mol. The fourth-order valence-corrected chi connectivity index (χ4v) is 1.81. The van der Waals surface area contributed by atoms with E-state index in [1.54, 1.807) is 20.9 Å². The Kier molecular flexibility index (Phi) is 3.39. The van der Waals surface area contributed by atoms with Crippen molar-refractivity contribution < 1.29 is 14.3 Å². The maximum atomic E-state index is 12.4. The average Bonchev–Trinajstić information content (AvgIpc) is 2.73. The van der Waals surface area contributed by atoms with Crippen molar-refractivity contribution in [1.82, 2.24) is 14.9 Å². The van der Waals surface area contributed by atoms with Gasteiger partial charge in [-0.15, -0.1) is 0 Å². The second-order valence-electron chi connectivity index (χ2n) is 4.39. The number of amides is 1. The minimum Gasteiger partial charge on any atom is -0.442 e. The van der Waals surface area contributed by atoms with Gasteiger partial charge in [-0.25, -0.2) is 4.98 Å². The molecule has 2 aromatic rings. The Balaban J connectivity index is 2.60. The number of carbonyl (C=O) groups is 1. The zero-order chi connectivity index (χ0) is 14.2. The highest BCUT2D eigenvalue weighted by molar-refractivity contribution is 6.06. The van der Waals surface area contributed by atoms with Gasteiger partial charge in [0, 0.05) is 7.05 Å². The van der Waals surface area contributed by atoms with Crippen LogP contribution >= 0.6 is 0 Å². The van der Waals surface area contributed by atoms with E-state index in [-0.39, 0.29) is 35.2 Å². The molecule has 19 heavy (non-hydrogen) atoms. The molecule has 0 aliphatic carbocycles. The first-order valence-corrected chi connectivity index (χ1v) is 5.82. The molecule has 2 aromatic heterocycles. The summed E-state index contributed by atoms with van der Waals surface area (Å²) >= 11 is 0. The van der Waals surface area contributed by atoms with E-state index >= 15 is 0 Å². The molecule has 0 aromatic carbocycles. The number of likely N-dealkylation sites (N-methyl/N-ethyl adjacent to an activating group) is 1. The van der Waals surface area contributed by atoms with Crippen LogP contribution in [0, 0.1) is 6.92 Å². The number of rotatable bonds is 3. The summed E-state index contributed by atoms with van der Waals surface area (Å²) in [7, 11) is 1.56. The molecule has 0 aliphatic heterocycles. The molecule has 0 radical (unpaired) electrons. The van der Waals surface area contributed by atoms with Crippen molar-refractivity contribution in [3.05, 3.63) is 28.0 Å². The summed E-state index contributed by atoms with van der Waals surface area (Å²) in [6, 6.07) is -0.354. The van der Waals surface area contributed by atoms with Crippen LogP contribution < -0.4 is 5.56 Å². The lowest BCUT2D eigenvalue weighted by molar-refractivity contribution is 0.0682. The predicted molar refractivity (Wildman–Crippen MR) is 68.0 cm³/mol. The summed E-state index contributed by atoms with van der Waals surface area (Å²) in [5.41, 5.74) is -0.1000. The zero-order valence-electron chi connectivity index (χ0n) is 10.9. The van der Waals surface area contributed by atoms with Gasteiger partial charge in [0.15, 0.2) is 0 Å². The van der Waals surface area contributed by atoms with Crippen LogP contribution in [0.4, 0.5) is 0 Å². The van der Waals surface area contributed by atoms with Gasteiger partial charge in [-0.2, -0.15) is 0 Å². The minimum atomic E-state index is -0.421. The minimum absolute atomic E-state index is 0.134. The summed E-state index contributed by atoms with van der Waals surface area (Å²) in [6.07, 6.45) is 1.22. The Bertz CT molecular complexity index is 673. The molecular formula is C12H15N3O4. The van der Waals surface area contributed by atoms with E-state index in [0.29, 0.717) is 5.76 Å². The topological polar surface area (TPSA) is 99.4 Å². The van der Waals surface area contributed by atoms with Crippen LogP contribution in [0.15, 0.2) is 15.5 Å². The summed E-state index contributed by atoms with van der Waals surface area (Å²) < 4.78 is 5.32. The fraction of sp³-hybridized carbons (Fsp3) is 0.417. The van der Waals surface area contributed by atoms with Crippen LogP contribution in [0.3, 0.4) is 0 Å². The molecule has 0 bridgehead atoms. The molecule has 0 spiro atoms. The number of hydrogen-bond acceptors (Lipinski definition) is 5. The van der Waals surface area contributed by atoms with Crippen LogP contribution in [0.1, 0.15) is 23.0 Å². The van der Waals surface area contributed by atoms with Gasteiger partial charge in [0.25, 0.3) is 11.5 Å². The number of H-pyrrole nitrogens is 1. The zero-order valence-corrected chi connectivity index (χ0v) is 10.9. The molecule has 0 saturated carbocycles. The molecule has 2 heterocycles. The van der Waals surface area contributed by atoms with Gasteiger partial charge in [-0.3, -0.25) is 9.59 Å². The van der Waals surface area contributed by atoms with Gasteiger partial charge >= 0.3 is 0 Å². The Hall–Kier alpha value is -2.15. The number of aliphatic hydroxyl groups excluding tert-OH is 1. The monoisotopic (exact) mass is 265 g/mol. The second-order valence-corrected chi connectivity index (χ2v) is 4.39. The SMILES string of the molecule is Cc1oc2nc[nH]c(=O)c2c1C(=O)N(C)C(C)CO. The maximum absolute atomic E-state index is 12.4. The molecule has 0 aliphatic rings. The molecule has 1 unspecified atom stereocenters. The fourth-order valence-electron chi connectivity index (χ4n) is 1.81. The first-order chi connectivity index (χ1) is 8.97. The number of hydrogen-bond donors (Lipinski definition) is 2. The molecular weight excluding hydrogens is 250 g/mol. The number of nitrogens with one attached hydrogen (secondary N) is 1. The summed E-state index contributed by atoms with van der Waals surface area (Å²) in [5, 5.41) is 9.23. The summed E-state index contributed by atoms with van der Waals surface area (Å²) in [6.45, 7) is 3.15. The molecule has 102 valence electrons. The maximum Gasteiger partial charge on any atom is 0.262 e. The standard InChI is InChI=1S/C12H15N3O4/c1-6(4-16)15(3)12(18)8-7(2)19-11-9(8)10(17)13-5-14-11/h5-6,16H,4H2,1-3H3,(H,13,14,17). The van der Waals surface area contributed by atoms with E-state index in [2.05, 4.69) is 9.97 Å². The van der Waals surface area contributed by atoms with Gasteiger partial charge in [-0.05, 0) is 13.8 Å². The third-order valence-corrected chi connectivity index (χ3v) is 3.13. The van der Waals surface area contributed by atoms with Crippen molar-refractivity contribution in [3.8, 4) is 0 Å². The number of aliphatic hydroxyl groups is 1. The van der Waals surface area contributed by atoms with Crippen LogP contribution in [-0.4, -0.2) is 45.6 Å². The highest BCUT2D eigenvalue weighted by Gasteiger charge is 2.26. The van der Waals surface area contributed by atoms with E-state index in [4.69, 9.17) is 9.52 Å². The van der Waals surface area contributed by atoms with Crippen LogP contribution in [0.5, 0.6) is 0 Å². The van der Waals surface area contributed by atoms with Gasteiger partial charge in [0.1, 0.15) is 11.1 Å². The number of carbonyl (C=O) groups excluding carboxylic acids is 1. The highest BCUT2D eigenvalue weighted by Crippen LogP contribution is 2.22. The Morgan fingerprint density at radius 2 is 2.32 bits per heavy atom. The second kappa shape index (κ2) is 4.85. The number of fused-ring (bicyclic) bond motifs is 1. The van der Waals surface area contributed by atoms with Gasteiger partial charge in [0.2, 0.25) is 5.71 Å². The van der Waals surface area contributed by atoms with Crippen LogP contribution in [0.25, 0.3) is 11.1 Å². The normalized spacial score (nSPS) is 12.6. The van der Waals surface area contributed by atoms with Gasteiger partial charge in [-0.1, -0.05) is 0 Å². The van der Waals surface area contributed by atoms with E-state index in [0.717, 1.165) is 0 Å². The Morgan fingerprint density at radius 1 is 1.63 bits per heavy atom. The first kappa shape index (κ1) is 13.3. The van der Waals surface area contributed by atoms with Crippen molar-refractivity contribution >= 4 is 17.0 Å². The van der Waals surface area contributed by atoms with Gasteiger partial charge in [0.05, 0.1) is 24.5 Å². The number of nitrogens with zero attached hydrogens (tertiary/aromatic N) is 2. The van der Waals surface area contributed by atoms with Crippen molar-refractivity contribution in [3.63, 3.8) is 0 Å². The third-order valence-electron chi connectivity index (χ3n) is 3.13. The Morgan fingerprint density at radius 3 is 2.95 bits per heavy atom. The molecule has 0 saturated heterocycles. The van der Waals surface area contributed by atoms with Crippen molar-refractivity contribution in [2.75, 3.05) is 13.7 Å².